The fourth-order valence-electron chi connectivity index (χ4n) is 1.81. The Morgan fingerprint density at radius 1 is 1.29 bits per heavy atom. The Hall–Kier alpha value is -2.36. The number of hydrogen-bond donors (Lipinski definition) is 3. The molecule has 0 aliphatic rings. The molecule has 0 spiro atoms. The molecule has 0 saturated carbocycles. The van der Waals surface area contributed by atoms with Gasteiger partial charge in [-0.15, -0.1) is 10.2 Å². The summed E-state index contributed by atoms with van der Waals surface area (Å²) in [5, 5.41) is 10.4. The molecule has 2 aromatic rings. The summed E-state index contributed by atoms with van der Waals surface area (Å²) < 4.78 is 40.1. The van der Waals surface area contributed by atoms with Gasteiger partial charge in [0.15, 0.2) is 5.82 Å². The van der Waals surface area contributed by atoms with E-state index in [2.05, 4.69) is 25.9 Å². The highest BCUT2D eigenvalue weighted by molar-refractivity contribution is 5.49. The summed E-state index contributed by atoms with van der Waals surface area (Å²) in [6.07, 6.45) is -2.99. The van der Waals surface area contributed by atoms with Crippen molar-refractivity contribution in [2.45, 2.75) is 19.1 Å². The minimum absolute atomic E-state index is 0.0354. The smallest absolute Gasteiger partial charge is 0.360 e. The van der Waals surface area contributed by atoms with Crippen LogP contribution in [0.1, 0.15) is 24.4 Å². The van der Waals surface area contributed by atoms with Gasteiger partial charge in [0.25, 0.3) is 0 Å². The Morgan fingerprint density at radius 3 is 2.48 bits per heavy atom. The van der Waals surface area contributed by atoms with Crippen LogP contribution in [0.25, 0.3) is 0 Å². The topological polar surface area (TPSA) is 93.7 Å². The molecule has 114 valence electrons. The standard InChI is InChI=1S/C11H14F3N7/c1-6(10-20-16-5-21(10)2)17-8-3-7(11(12,13)14)4-9(18-8)19-15/h3-6H,15H2,1-2H3,(H2,17,18,19). The van der Waals surface area contributed by atoms with Gasteiger partial charge < -0.3 is 15.3 Å². The second kappa shape index (κ2) is 5.56. The van der Waals surface area contributed by atoms with Crippen molar-refractivity contribution in [2.24, 2.45) is 12.9 Å². The molecule has 0 aromatic carbocycles. The van der Waals surface area contributed by atoms with Crippen LogP contribution in [0, 0.1) is 0 Å². The van der Waals surface area contributed by atoms with Crippen LogP contribution in [0.5, 0.6) is 0 Å². The zero-order valence-corrected chi connectivity index (χ0v) is 11.3. The first kappa shape index (κ1) is 15.0. The van der Waals surface area contributed by atoms with E-state index >= 15 is 0 Å². The summed E-state index contributed by atoms with van der Waals surface area (Å²) in [5.41, 5.74) is 1.27. The van der Waals surface area contributed by atoms with Crippen LogP contribution in [-0.4, -0.2) is 19.7 Å². The van der Waals surface area contributed by atoms with E-state index in [0.29, 0.717) is 5.82 Å². The molecule has 0 radical (unpaired) electrons. The lowest BCUT2D eigenvalue weighted by molar-refractivity contribution is -0.137. The largest absolute Gasteiger partial charge is 0.416 e. The molecular weight excluding hydrogens is 287 g/mol. The van der Waals surface area contributed by atoms with Crippen molar-refractivity contribution in [3.63, 3.8) is 0 Å². The van der Waals surface area contributed by atoms with Crippen molar-refractivity contribution in [3.8, 4) is 0 Å². The maximum Gasteiger partial charge on any atom is 0.416 e. The van der Waals surface area contributed by atoms with Crippen molar-refractivity contribution in [1.82, 2.24) is 19.7 Å². The Bertz CT molecular complexity index is 623. The van der Waals surface area contributed by atoms with E-state index in [1.54, 1.807) is 18.5 Å². The van der Waals surface area contributed by atoms with Gasteiger partial charge in [0.2, 0.25) is 0 Å². The van der Waals surface area contributed by atoms with Crippen LogP contribution < -0.4 is 16.6 Å². The van der Waals surface area contributed by atoms with Gasteiger partial charge >= 0.3 is 6.18 Å². The minimum atomic E-state index is -4.49. The molecule has 0 amide bonds. The van der Waals surface area contributed by atoms with Crippen LogP contribution in [0.3, 0.4) is 0 Å². The van der Waals surface area contributed by atoms with Gasteiger partial charge in [-0.1, -0.05) is 0 Å². The van der Waals surface area contributed by atoms with Crippen LogP contribution in [0.15, 0.2) is 18.5 Å². The van der Waals surface area contributed by atoms with Gasteiger partial charge in [-0.3, -0.25) is 0 Å². The molecule has 10 heteroatoms. The first-order valence-corrected chi connectivity index (χ1v) is 5.97. The van der Waals surface area contributed by atoms with E-state index in [1.807, 2.05) is 0 Å². The van der Waals surface area contributed by atoms with E-state index < -0.39 is 11.7 Å². The van der Waals surface area contributed by atoms with Gasteiger partial charge in [0, 0.05) is 7.05 Å². The highest BCUT2D eigenvalue weighted by Crippen LogP contribution is 2.32. The third kappa shape index (κ3) is 3.40. The summed E-state index contributed by atoms with van der Waals surface area (Å²) in [6, 6.07) is 1.37. The molecule has 7 nitrogen and oxygen atoms in total. The van der Waals surface area contributed by atoms with Gasteiger partial charge in [-0.25, -0.2) is 10.8 Å². The van der Waals surface area contributed by atoms with Crippen molar-refractivity contribution in [1.29, 1.82) is 0 Å². The number of nitrogen functional groups attached to an aromatic ring is 1. The van der Waals surface area contributed by atoms with E-state index in [4.69, 9.17) is 5.84 Å². The van der Waals surface area contributed by atoms with Crippen LogP contribution >= 0.6 is 0 Å². The first-order chi connectivity index (χ1) is 9.81. The minimum Gasteiger partial charge on any atom is -0.360 e. The van der Waals surface area contributed by atoms with Crippen molar-refractivity contribution >= 4 is 11.6 Å². The number of hydrogen-bond acceptors (Lipinski definition) is 6. The average molecular weight is 301 g/mol. The summed E-state index contributed by atoms with van der Waals surface area (Å²) in [7, 11) is 1.74. The van der Waals surface area contributed by atoms with E-state index in [0.717, 1.165) is 12.1 Å². The Kier molecular flexibility index (Phi) is 3.98. The fourth-order valence-corrected chi connectivity index (χ4v) is 1.81. The molecule has 21 heavy (non-hydrogen) atoms. The molecule has 2 rings (SSSR count). The number of aryl methyl sites for hydroxylation is 1. The number of alkyl halides is 3. The Balaban J connectivity index is 2.29. The second-order valence-corrected chi connectivity index (χ2v) is 4.43. The zero-order valence-electron chi connectivity index (χ0n) is 11.3. The zero-order chi connectivity index (χ0) is 15.6. The van der Waals surface area contributed by atoms with Crippen molar-refractivity contribution in [3.05, 3.63) is 29.8 Å². The number of anilines is 2. The number of pyridine rings is 1. The van der Waals surface area contributed by atoms with E-state index in [1.165, 1.54) is 6.33 Å². The van der Waals surface area contributed by atoms with Gasteiger partial charge in [0.05, 0.1) is 11.6 Å². The molecule has 1 unspecified atom stereocenters. The molecule has 0 aliphatic heterocycles. The van der Waals surface area contributed by atoms with Crippen LogP contribution in [-0.2, 0) is 13.2 Å². The molecule has 0 fully saturated rings. The lowest BCUT2D eigenvalue weighted by Crippen LogP contribution is -2.16. The van der Waals surface area contributed by atoms with Crippen molar-refractivity contribution < 1.29 is 13.2 Å². The molecule has 4 N–H and O–H groups in total. The highest BCUT2D eigenvalue weighted by Gasteiger charge is 2.31. The van der Waals surface area contributed by atoms with Gasteiger partial charge in [-0.05, 0) is 19.1 Å². The third-order valence-electron chi connectivity index (χ3n) is 2.80. The summed E-state index contributed by atoms with van der Waals surface area (Å²) in [4.78, 5) is 3.94. The predicted molar refractivity (Wildman–Crippen MR) is 70.1 cm³/mol. The first-order valence-electron chi connectivity index (χ1n) is 5.97. The van der Waals surface area contributed by atoms with E-state index in [9.17, 15) is 13.2 Å². The third-order valence-corrected chi connectivity index (χ3v) is 2.80. The van der Waals surface area contributed by atoms with E-state index in [-0.39, 0.29) is 17.7 Å². The number of halogens is 3. The molecular formula is C11H14F3N7. The summed E-state index contributed by atoms with van der Waals surface area (Å²) in [6.45, 7) is 1.74. The number of nitrogens with zero attached hydrogens (tertiary/aromatic N) is 4. The monoisotopic (exact) mass is 301 g/mol. The lowest BCUT2D eigenvalue weighted by Gasteiger charge is -2.16. The lowest BCUT2D eigenvalue weighted by atomic mass is 10.2. The number of nitrogens with one attached hydrogen (secondary N) is 2. The SMILES string of the molecule is CC(Nc1cc(C(F)(F)F)cc(NN)n1)c1nncn1C. The van der Waals surface area contributed by atoms with Gasteiger partial charge in [0.1, 0.15) is 18.0 Å². The molecule has 0 aliphatic carbocycles. The number of hydrazine groups is 1. The van der Waals surface area contributed by atoms with Crippen LogP contribution in [0.2, 0.25) is 0 Å². The highest BCUT2D eigenvalue weighted by atomic mass is 19.4. The summed E-state index contributed by atoms with van der Waals surface area (Å²) in [5.74, 6) is 5.66. The maximum absolute atomic E-state index is 12.8. The quantitative estimate of drug-likeness (QED) is 0.588. The van der Waals surface area contributed by atoms with Crippen molar-refractivity contribution in [2.75, 3.05) is 10.7 Å². The Labute approximate surface area is 118 Å². The van der Waals surface area contributed by atoms with Crippen LogP contribution in [0.4, 0.5) is 24.8 Å². The fraction of sp³-hybridized carbons (Fsp3) is 0.364. The predicted octanol–water partition coefficient (Wildman–Crippen LogP) is 1.69. The second-order valence-electron chi connectivity index (χ2n) is 4.43. The molecule has 1 atom stereocenters. The number of rotatable bonds is 4. The molecule has 2 aromatic heterocycles. The average Bonchev–Trinajstić information content (AvgIpc) is 2.83. The maximum atomic E-state index is 12.8. The Morgan fingerprint density at radius 2 is 1.95 bits per heavy atom. The molecule has 0 saturated heterocycles. The number of nitrogens with two attached hydrogens (primary N) is 1. The summed E-state index contributed by atoms with van der Waals surface area (Å²) >= 11 is 0. The molecule has 0 bridgehead atoms. The number of aromatic nitrogens is 4. The van der Waals surface area contributed by atoms with Gasteiger partial charge in [-0.2, -0.15) is 13.2 Å². The molecule has 2 heterocycles. The normalized spacial score (nSPS) is 13.0.